The number of hydrogen-bond acceptors (Lipinski definition) is 2. The smallest absolute Gasteiger partial charge is 0.122 e. The summed E-state index contributed by atoms with van der Waals surface area (Å²) < 4.78 is 1.97. The molecule has 4 heteroatoms. The Hall–Kier alpha value is -2.10. The van der Waals surface area contributed by atoms with Crippen molar-refractivity contribution in [3.05, 3.63) is 54.1 Å². The summed E-state index contributed by atoms with van der Waals surface area (Å²) in [6.07, 6.45) is 5.41. The van der Waals surface area contributed by atoms with E-state index in [1.54, 1.807) is 12.5 Å². The molecule has 0 fully saturated rings. The van der Waals surface area contributed by atoms with Crippen LogP contribution in [0.25, 0.3) is 0 Å². The lowest BCUT2D eigenvalue weighted by Gasteiger charge is -2.04. The van der Waals surface area contributed by atoms with Crippen molar-refractivity contribution in [1.29, 1.82) is 5.41 Å². The number of hydrogen-bond donors (Lipinski definition) is 2. The molecule has 4 nitrogen and oxygen atoms in total. The Morgan fingerprint density at radius 2 is 2.33 bits per heavy atom. The van der Waals surface area contributed by atoms with E-state index >= 15 is 0 Å². The molecular formula is C11H12N4. The Bertz CT molecular complexity index is 459. The van der Waals surface area contributed by atoms with Crippen LogP contribution in [0.3, 0.4) is 0 Å². The summed E-state index contributed by atoms with van der Waals surface area (Å²) in [5, 5.41) is 7.34. The Morgan fingerprint density at radius 1 is 1.47 bits per heavy atom. The highest BCUT2D eigenvalue weighted by molar-refractivity contribution is 5.95. The zero-order valence-electron chi connectivity index (χ0n) is 8.22. The van der Waals surface area contributed by atoms with Gasteiger partial charge in [-0.05, 0) is 11.6 Å². The highest BCUT2D eigenvalue weighted by Gasteiger charge is 1.98. The van der Waals surface area contributed by atoms with Gasteiger partial charge in [0.15, 0.2) is 0 Å². The highest BCUT2D eigenvalue weighted by atomic mass is 15.0. The normalized spacial score (nSPS) is 10.1. The molecule has 0 bridgehead atoms. The van der Waals surface area contributed by atoms with E-state index in [9.17, 15) is 0 Å². The second-order valence-electron chi connectivity index (χ2n) is 3.35. The van der Waals surface area contributed by atoms with Crippen LogP contribution >= 0.6 is 0 Å². The second-order valence-corrected chi connectivity index (χ2v) is 3.35. The van der Waals surface area contributed by atoms with Crippen LogP contribution in [0.2, 0.25) is 0 Å². The first-order valence-corrected chi connectivity index (χ1v) is 4.65. The quantitative estimate of drug-likeness (QED) is 0.577. The second kappa shape index (κ2) is 3.96. The minimum atomic E-state index is 0.0995. The molecule has 1 heterocycles. The average Bonchev–Trinajstić information content (AvgIpc) is 2.71. The van der Waals surface area contributed by atoms with Gasteiger partial charge >= 0.3 is 0 Å². The monoisotopic (exact) mass is 200 g/mol. The van der Waals surface area contributed by atoms with Gasteiger partial charge in [-0.25, -0.2) is 4.98 Å². The molecule has 2 rings (SSSR count). The fourth-order valence-electron chi connectivity index (χ4n) is 1.43. The summed E-state index contributed by atoms with van der Waals surface area (Å²) in [4.78, 5) is 3.97. The number of nitrogens with two attached hydrogens (primary N) is 1. The van der Waals surface area contributed by atoms with E-state index in [2.05, 4.69) is 4.98 Å². The van der Waals surface area contributed by atoms with Crippen LogP contribution in [0, 0.1) is 5.41 Å². The van der Waals surface area contributed by atoms with Crippen LogP contribution in [0.5, 0.6) is 0 Å². The van der Waals surface area contributed by atoms with E-state index in [1.165, 1.54) is 0 Å². The number of nitrogens with zero attached hydrogens (tertiary/aromatic N) is 2. The van der Waals surface area contributed by atoms with Crippen LogP contribution in [0.1, 0.15) is 11.1 Å². The number of amidine groups is 1. The maximum atomic E-state index is 7.34. The fraction of sp³-hybridized carbons (Fsp3) is 0.0909. The van der Waals surface area contributed by atoms with E-state index < -0.39 is 0 Å². The molecule has 0 saturated carbocycles. The third-order valence-electron chi connectivity index (χ3n) is 2.16. The first kappa shape index (κ1) is 9.45. The van der Waals surface area contributed by atoms with E-state index in [4.69, 9.17) is 11.1 Å². The lowest BCUT2D eigenvalue weighted by atomic mass is 10.1. The molecule has 76 valence electrons. The first-order valence-electron chi connectivity index (χ1n) is 4.65. The van der Waals surface area contributed by atoms with Crippen molar-refractivity contribution in [3.63, 3.8) is 0 Å². The molecule has 3 N–H and O–H groups in total. The molecule has 1 aromatic heterocycles. The molecule has 0 aliphatic carbocycles. The third-order valence-corrected chi connectivity index (χ3v) is 2.16. The standard InChI is InChI=1S/C11H12N4/c12-11(13)10-3-1-2-9(6-10)7-15-5-4-14-8-15/h1-6,8H,7H2,(H3,12,13). The Morgan fingerprint density at radius 3 is 3.00 bits per heavy atom. The Labute approximate surface area is 87.9 Å². The lowest BCUT2D eigenvalue weighted by Crippen LogP contribution is -2.11. The Balaban J connectivity index is 2.22. The summed E-state index contributed by atoms with van der Waals surface area (Å²) in [7, 11) is 0. The van der Waals surface area contributed by atoms with Crippen molar-refractivity contribution in [3.8, 4) is 0 Å². The van der Waals surface area contributed by atoms with Crippen molar-refractivity contribution >= 4 is 5.84 Å². The predicted octanol–water partition coefficient (Wildman–Crippen LogP) is 1.22. The van der Waals surface area contributed by atoms with Gasteiger partial charge in [0.2, 0.25) is 0 Å². The maximum Gasteiger partial charge on any atom is 0.122 e. The van der Waals surface area contributed by atoms with Crippen molar-refractivity contribution < 1.29 is 0 Å². The molecule has 0 unspecified atom stereocenters. The van der Waals surface area contributed by atoms with Crippen molar-refractivity contribution in [2.24, 2.45) is 5.73 Å². The van der Waals surface area contributed by atoms with Gasteiger partial charge in [-0.1, -0.05) is 18.2 Å². The van der Waals surface area contributed by atoms with Gasteiger partial charge in [0, 0.05) is 24.5 Å². The SMILES string of the molecule is N=C(N)c1cccc(Cn2ccnc2)c1. The van der Waals surface area contributed by atoms with Gasteiger partial charge in [0.25, 0.3) is 0 Å². The molecular weight excluding hydrogens is 188 g/mol. The molecule has 0 saturated heterocycles. The van der Waals surface area contributed by atoms with Gasteiger partial charge in [-0.2, -0.15) is 0 Å². The van der Waals surface area contributed by atoms with E-state index in [-0.39, 0.29) is 5.84 Å². The topological polar surface area (TPSA) is 67.7 Å². The van der Waals surface area contributed by atoms with Gasteiger partial charge in [0.05, 0.1) is 6.33 Å². The van der Waals surface area contributed by atoms with Crippen molar-refractivity contribution in [1.82, 2.24) is 9.55 Å². The largest absolute Gasteiger partial charge is 0.384 e. The highest BCUT2D eigenvalue weighted by Crippen LogP contribution is 2.06. The summed E-state index contributed by atoms with van der Waals surface area (Å²) in [5.41, 5.74) is 7.29. The summed E-state index contributed by atoms with van der Waals surface area (Å²) in [5.74, 6) is 0.0995. The molecule has 0 radical (unpaired) electrons. The summed E-state index contributed by atoms with van der Waals surface area (Å²) in [6, 6.07) is 7.66. The number of rotatable bonds is 3. The van der Waals surface area contributed by atoms with Crippen molar-refractivity contribution in [2.75, 3.05) is 0 Å². The molecule has 0 atom stereocenters. The van der Waals surface area contributed by atoms with Crippen molar-refractivity contribution in [2.45, 2.75) is 6.54 Å². The summed E-state index contributed by atoms with van der Waals surface area (Å²) >= 11 is 0. The van der Waals surface area contributed by atoms with E-state index in [0.717, 1.165) is 17.7 Å². The Kier molecular flexibility index (Phi) is 2.49. The minimum Gasteiger partial charge on any atom is -0.384 e. The fourth-order valence-corrected chi connectivity index (χ4v) is 1.43. The van der Waals surface area contributed by atoms with Gasteiger partial charge in [0.1, 0.15) is 5.84 Å². The van der Waals surface area contributed by atoms with Crippen LogP contribution in [0.15, 0.2) is 43.0 Å². The number of nitrogens with one attached hydrogen (secondary N) is 1. The first-order chi connectivity index (χ1) is 7.25. The zero-order valence-corrected chi connectivity index (χ0v) is 8.22. The molecule has 0 amide bonds. The number of imidazole rings is 1. The number of nitrogen functional groups attached to an aromatic ring is 1. The molecule has 1 aromatic carbocycles. The zero-order chi connectivity index (χ0) is 10.7. The number of aromatic nitrogens is 2. The molecule has 0 spiro atoms. The average molecular weight is 200 g/mol. The minimum absolute atomic E-state index is 0.0995. The maximum absolute atomic E-state index is 7.34. The molecule has 0 aliphatic rings. The molecule has 0 aliphatic heterocycles. The lowest BCUT2D eigenvalue weighted by molar-refractivity contribution is 0.797. The van der Waals surface area contributed by atoms with E-state index in [0.29, 0.717) is 0 Å². The third kappa shape index (κ3) is 2.22. The number of benzene rings is 1. The van der Waals surface area contributed by atoms with Gasteiger partial charge < -0.3 is 10.3 Å². The van der Waals surface area contributed by atoms with E-state index in [1.807, 2.05) is 35.0 Å². The predicted molar refractivity (Wildman–Crippen MR) is 58.8 cm³/mol. The van der Waals surface area contributed by atoms with Crippen LogP contribution in [-0.4, -0.2) is 15.4 Å². The summed E-state index contributed by atoms with van der Waals surface area (Å²) in [6.45, 7) is 0.751. The molecule has 15 heavy (non-hydrogen) atoms. The van der Waals surface area contributed by atoms with Crippen LogP contribution < -0.4 is 5.73 Å². The van der Waals surface area contributed by atoms with Gasteiger partial charge in [-0.15, -0.1) is 0 Å². The van der Waals surface area contributed by atoms with Crippen LogP contribution in [0.4, 0.5) is 0 Å². The van der Waals surface area contributed by atoms with Crippen LogP contribution in [-0.2, 0) is 6.54 Å². The van der Waals surface area contributed by atoms with Gasteiger partial charge in [-0.3, -0.25) is 5.41 Å². The molecule has 2 aromatic rings.